The Morgan fingerprint density at radius 2 is 1.73 bits per heavy atom. The number of aromatic nitrogens is 2. The van der Waals surface area contributed by atoms with E-state index in [1.54, 1.807) is 13.3 Å². The second kappa shape index (κ2) is 6.94. The molecule has 136 valence electrons. The summed E-state index contributed by atoms with van der Waals surface area (Å²) in [6.45, 7) is 5.68. The summed E-state index contributed by atoms with van der Waals surface area (Å²) in [5.41, 5.74) is 2.83. The molecule has 6 heteroatoms. The molecule has 4 rings (SSSR count). The number of rotatable bonds is 3. The van der Waals surface area contributed by atoms with Crippen LogP contribution in [-0.2, 0) is 6.42 Å². The minimum atomic E-state index is 0.176. The molecule has 0 radical (unpaired) electrons. The standard InChI is InChI=1S/C20H24N4O2/c1-14-11-18-17(19(25)12-14)13-21-20(22-18)24-9-7-23(8-10-24)15-3-5-16(26-2)6-4-15/h3-6,13-14H,7-12H2,1-2H3/t14-/m1/s1. The first-order valence-electron chi connectivity index (χ1n) is 9.17. The zero-order valence-electron chi connectivity index (χ0n) is 15.3. The smallest absolute Gasteiger partial charge is 0.225 e. The number of nitrogens with zero attached hydrogens (tertiary/aromatic N) is 4. The van der Waals surface area contributed by atoms with E-state index in [2.05, 4.69) is 33.8 Å². The SMILES string of the molecule is COc1ccc(N2CCN(c3ncc4c(n3)C[C@@H](C)CC4=O)CC2)cc1. The van der Waals surface area contributed by atoms with Crippen LogP contribution in [0.15, 0.2) is 30.5 Å². The number of ketones is 1. The number of hydrogen-bond acceptors (Lipinski definition) is 6. The van der Waals surface area contributed by atoms with Gasteiger partial charge in [-0.3, -0.25) is 4.79 Å². The second-order valence-electron chi connectivity index (χ2n) is 7.14. The first-order chi connectivity index (χ1) is 12.6. The van der Waals surface area contributed by atoms with Crippen molar-refractivity contribution in [3.63, 3.8) is 0 Å². The molecule has 1 fully saturated rings. The monoisotopic (exact) mass is 352 g/mol. The van der Waals surface area contributed by atoms with Crippen LogP contribution in [0, 0.1) is 5.92 Å². The fourth-order valence-electron chi connectivity index (χ4n) is 3.73. The molecular formula is C20H24N4O2. The molecule has 0 N–H and O–H groups in total. The van der Waals surface area contributed by atoms with E-state index in [4.69, 9.17) is 9.72 Å². The largest absolute Gasteiger partial charge is 0.497 e. The van der Waals surface area contributed by atoms with Crippen LogP contribution in [-0.4, -0.2) is 49.0 Å². The summed E-state index contributed by atoms with van der Waals surface area (Å²) in [4.78, 5) is 25.9. The Morgan fingerprint density at radius 1 is 1.04 bits per heavy atom. The number of carbonyl (C=O) groups is 1. The number of methoxy groups -OCH3 is 1. The first kappa shape index (κ1) is 16.8. The maximum Gasteiger partial charge on any atom is 0.225 e. The minimum Gasteiger partial charge on any atom is -0.497 e. The van der Waals surface area contributed by atoms with E-state index in [1.165, 1.54) is 5.69 Å². The number of piperazine rings is 1. The zero-order chi connectivity index (χ0) is 18.1. The lowest BCUT2D eigenvalue weighted by Gasteiger charge is -2.36. The highest BCUT2D eigenvalue weighted by Crippen LogP contribution is 2.26. The molecular weight excluding hydrogens is 328 g/mol. The molecule has 2 aliphatic rings. The quantitative estimate of drug-likeness (QED) is 0.846. The normalized spacial score (nSPS) is 20.1. The summed E-state index contributed by atoms with van der Waals surface area (Å²) in [6, 6.07) is 8.17. The zero-order valence-corrected chi connectivity index (χ0v) is 15.3. The van der Waals surface area contributed by atoms with Gasteiger partial charge in [0.05, 0.1) is 18.4 Å². The van der Waals surface area contributed by atoms with E-state index in [1.807, 2.05) is 12.1 Å². The van der Waals surface area contributed by atoms with Gasteiger partial charge in [-0.1, -0.05) is 6.92 Å². The average molecular weight is 352 g/mol. The minimum absolute atomic E-state index is 0.176. The van der Waals surface area contributed by atoms with Gasteiger partial charge in [0.25, 0.3) is 0 Å². The first-order valence-corrected chi connectivity index (χ1v) is 9.17. The lowest BCUT2D eigenvalue weighted by atomic mass is 9.88. The number of fused-ring (bicyclic) bond motifs is 1. The van der Waals surface area contributed by atoms with Gasteiger partial charge in [0.2, 0.25) is 5.95 Å². The molecule has 0 amide bonds. The molecule has 26 heavy (non-hydrogen) atoms. The van der Waals surface area contributed by atoms with Gasteiger partial charge in [0, 0.05) is 44.5 Å². The highest BCUT2D eigenvalue weighted by molar-refractivity contribution is 5.98. The number of benzene rings is 1. The Morgan fingerprint density at radius 3 is 2.42 bits per heavy atom. The van der Waals surface area contributed by atoms with Crippen molar-refractivity contribution in [2.24, 2.45) is 5.92 Å². The Labute approximate surface area is 153 Å². The molecule has 0 spiro atoms. The maximum absolute atomic E-state index is 12.1. The number of carbonyl (C=O) groups excluding carboxylic acids is 1. The molecule has 1 aromatic carbocycles. The number of hydrogen-bond donors (Lipinski definition) is 0. The van der Waals surface area contributed by atoms with Crippen LogP contribution in [0.2, 0.25) is 0 Å². The van der Waals surface area contributed by atoms with E-state index in [0.717, 1.165) is 50.0 Å². The van der Waals surface area contributed by atoms with E-state index >= 15 is 0 Å². The molecule has 0 bridgehead atoms. The molecule has 2 aromatic rings. The van der Waals surface area contributed by atoms with Crippen molar-refractivity contribution >= 4 is 17.4 Å². The molecule has 1 aliphatic carbocycles. The Balaban J connectivity index is 1.44. The van der Waals surface area contributed by atoms with Crippen LogP contribution >= 0.6 is 0 Å². The number of anilines is 2. The van der Waals surface area contributed by atoms with Gasteiger partial charge in [-0.25, -0.2) is 9.97 Å². The lowest BCUT2D eigenvalue weighted by Crippen LogP contribution is -2.47. The highest BCUT2D eigenvalue weighted by atomic mass is 16.5. The Hall–Kier alpha value is -2.63. The number of Topliss-reactive ketones (excluding diaryl/α,β-unsaturated/α-hetero) is 1. The Bertz CT molecular complexity index is 798. The molecule has 1 atom stereocenters. The van der Waals surface area contributed by atoms with E-state index in [9.17, 15) is 4.79 Å². The third-order valence-electron chi connectivity index (χ3n) is 5.23. The summed E-state index contributed by atoms with van der Waals surface area (Å²) in [5, 5.41) is 0. The van der Waals surface area contributed by atoms with Crippen molar-refractivity contribution in [2.75, 3.05) is 43.1 Å². The molecule has 1 aliphatic heterocycles. The molecule has 0 saturated carbocycles. The van der Waals surface area contributed by atoms with Gasteiger partial charge in [-0.05, 0) is 36.6 Å². The Kier molecular flexibility index (Phi) is 4.49. The molecule has 0 unspecified atom stereocenters. The summed E-state index contributed by atoms with van der Waals surface area (Å²) >= 11 is 0. The predicted molar refractivity (Wildman–Crippen MR) is 101 cm³/mol. The second-order valence-corrected chi connectivity index (χ2v) is 7.14. The van der Waals surface area contributed by atoms with E-state index in [-0.39, 0.29) is 5.78 Å². The summed E-state index contributed by atoms with van der Waals surface area (Å²) in [6.07, 6.45) is 3.19. The summed E-state index contributed by atoms with van der Waals surface area (Å²) in [5.74, 6) is 2.16. The van der Waals surface area contributed by atoms with Gasteiger partial charge in [-0.15, -0.1) is 0 Å². The van der Waals surface area contributed by atoms with Gasteiger partial charge in [0.15, 0.2) is 5.78 Å². The van der Waals surface area contributed by atoms with Crippen LogP contribution in [0.5, 0.6) is 5.75 Å². The predicted octanol–water partition coefficient (Wildman–Crippen LogP) is 2.58. The third kappa shape index (κ3) is 3.23. The summed E-state index contributed by atoms with van der Waals surface area (Å²) in [7, 11) is 1.68. The van der Waals surface area contributed by atoms with Crippen LogP contribution in [0.1, 0.15) is 29.4 Å². The van der Waals surface area contributed by atoms with Crippen molar-refractivity contribution in [1.82, 2.24) is 9.97 Å². The molecule has 1 aromatic heterocycles. The van der Waals surface area contributed by atoms with Crippen molar-refractivity contribution in [2.45, 2.75) is 19.8 Å². The van der Waals surface area contributed by atoms with Gasteiger partial charge in [0.1, 0.15) is 5.75 Å². The maximum atomic E-state index is 12.1. The van der Waals surface area contributed by atoms with E-state index < -0.39 is 0 Å². The topological polar surface area (TPSA) is 58.6 Å². The third-order valence-corrected chi connectivity index (χ3v) is 5.23. The fourth-order valence-corrected chi connectivity index (χ4v) is 3.73. The van der Waals surface area contributed by atoms with Gasteiger partial charge < -0.3 is 14.5 Å². The van der Waals surface area contributed by atoms with Crippen LogP contribution in [0.3, 0.4) is 0 Å². The van der Waals surface area contributed by atoms with Crippen LogP contribution in [0.25, 0.3) is 0 Å². The van der Waals surface area contributed by atoms with Gasteiger partial charge >= 0.3 is 0 Å². The van der Waals surface area contributed by atoms with Crippen molar-refractivity contribution < 1.29 is 9.53 Å². The summed E-state index contributed by atoms with van der Waals surface area (Å²) < 4.78 is 5.22. The van der Waals surface area contributed by atoms with Crippen molar-refractivity contribution in [3.05, 3.63) is 41.7 Å². The van der Waals surface area contributed by atoms with Gasteiger partial charge in [-0.2, -0.15) is 0 Å². The molecule has 1 saturated heterocycles. The highest BCUT2D eigenvalue weighted by Gasteiger charge is 2.26. The van der Waals surface area contributed by atoms with Crippen LogP contribution < -0.4 is 14.5 Å². The molecule has 2 heterocycles. The van der Waals surface area contributed by atoms with Crippen molar-refractivity contribution in [1.29, 1.82) is 0 Å². The number of ether oxygens (including phenoxy) is 1. The average Bonchev–Trinajstić information content (AvgIpc) is 2.67. The van der Waals surface area contributed by atoms with Crippen LogP contribution in [0.4, 0.5) is 11.6 Å². The lowest BCUT2D eigenvalue weighted by molar-refractivity contribution is 0.0951. The fraction of sp³-hybridized carbons (Fsp3) is 0.450. The molecule has 6 nitrogen and oxygen atoms in total. The van der Waals surface area contributed by atoms with E-state index in [0.29, 0.717) is 17.9 Å². The van der Waals surface area contributed by atoms with Crippen molar-refractivity contribution in [3.8, 4) is 5.75 Å².